The van der Waals surface area contributed by atoms with Crippen LogP contribution >= 0.6 is 0 Å². The maximum atomic E-state index is 12.9. The molecule has 2 atom stereocenters. The first-order valence-corrected chi connectivity index (χ1v) is 10.8. The van der Waals surface area contributed by atoms with Gasteiger partial charge in [0.15, 0.2) is 0 Å². The molecule has 1 amide bonds. The number of ether oxygens (including phenoxy) is 2. The van der Waals surface area contributed by atoms with Crippen LogP contribution in [0.25, 0.3) is 0 Å². The van der Waals surface area contributed by atoms with Gasteiger partial charge in [0.1, 0.15) is 5.75 Å². The van der Waals surface area contributed by atoms with E-state index in [0.717, 1.165) is 12.1 Å². The minimum absolute atomic E-state index is 0.0546. The predicted octanol–water partition coefficient (Wildman–Crippen LogP) is 3.64. The minimum atomic E-state index is -4.80. The zero-order valence-electron chi connectivity index (χ0n) is 16.7. The number of benzene rings is 2. The van der Waals surface area contributed by atoms with Crippen LogP contribution in [0.4, 0.5) is 18.9 Å². The molecule has 31 heavy (non-hydrogen) atoms. The number of anilines is 1. The highest BCUT2D eigenvalue weighted by molar-refractivity contribution is 7.89. The van der Waals surface area contributed by atoms with Gasteiger partial charge in [-0.2, -0.15) is 4.31 Å². The second-order valence-electron chi connectivity index (χ2n) is 7.13. The van der Waals surface area contributed by atoms with Gasteiger partial charge in [-0.05, 0) is 62.4 Å². The molecule has 3 rings (SSSR count). The Balaban J connectivity index is 1.67. The average Bonchev–Trinajstić information content (AvgIpc) is 2.67. The molecule has 0 aliphatic carbocycles. The lowest BCUT2D eigenvalue weighted by Gasteiger charge is -2.34. The zero-order valence-corrected chi connectivity index (χ0v) is 17.5. The highest BCUT2D eigenvalue weighted by Gasteiger charge is 2.32. The van der Waals surface area contributed by atoms with E-state index in [9.17, 15) is 26.4 Å². The molecule has 2 aromatic carbocycles. The number of carbonyl (C=O) groups excluding carboxylic acids is 1. The standard InChI is InChI=1S/C20H21F3N2O5S/c1-13-11-25(12-14(2)29-13)31(27,28)18-9-3-15(4-10-18)19(26)24-16-5-7-17(8-6-16)30-20(21,22)23/h3-10,13-14H,11-12H2,1-2H3,(H,24,26)/t13-,14-/m0/s1. The van der Waals surface area contributed by atoms with Gasteiger partial charge in [0, 0.05) is 24.3 Å². The molecule has 1 heterocycles. The summed E-state index contributed by atoms with van der Waals surface area (Å²) < 4.78 is 73.0. The van der Waals surface area contributed by atoms with E-state index in [1.165, 1.54) is 40.7 Å². The molecule has 0 radical (unpaired) electrons. The molecule has 0 spiro atoms. The van der Waals surface area contributed by atoms with Gasteiger partial charge in [-0.1, -0.05) is 0 Å². The van der Waals surface area contributed by atoms with Gasteiger partial charge in [-0.25, -0.2) is 8.42 Å². The van der Waals surface area contributed by atoms with Gasteiger partial charge >= 0.3 is 6.36 Å². The summed E-state index contributed by atoms with van der Waals surface area (Å²) in [6.45, 7) is 4.08. The van der Waals surface area contributed by atoms with Crippen LogP contribution in [-0.4, -0.2) is 50.3 Å². The Hall–Kier alpha value is -2.63. The number of nitrogens with zero attached hydrogens (tertiary/aromatic N) is 1. The number of sulfonamides is 1. The van der Waals surface area contributed by atoms with Gasteiger partial charge in [-0.15, -0.1) is 13.2 Å². The summed E-state index contributed by atoms with van der Waals surface area (Å²) in [5, 5.41) is 2.53. The van der Waals surface area contributed by atoms with Crippen molar-refractivity contribution in [1.29, 1.82) is 0 Å². The van der Waals surface area contributed by atoms with Crippen LogP contribution in [0.5, 0.6) is 5.75 Å². The van der Waals surface area contributed by atoms with E-state index in [1.807, 2.05) is 0 Å². The molecule has 11 heteroatoms. The molecule has 1 N–H and O–H groups in total. The summed E-state index contributed by atoms with van der Waals surface area (Å²) in [4.78, 5) is 12.4. The molecule has 1 aliphatic rings. The molecule has 1 aliphatic heterocycles. The zero-order chi connectivity index (χ0) is 22.8. The van der Waals surface area contributed by atoms with Crippen LogP contribution in [0.15, 0.2) is 53.4 Å². The van der Waals surface area contributed by atoms with Gasteiger partial charge in [-0.3, -0.25) is 4.79 Å². The first-order chi connectivity index (χ1) is 14.4. The Morgan fingerprint density at radius 3 is 2.10 bits per heavy atom. The van der Waals surface area contributed by atoms with E-state index in [0.29, 0.717) is 0 Å². The molecular weight excluding hydrogens is 437 g/mol. The maximum absolute atomic E-state index is 12.9. The highest BCUT2D eigenvalue weighted by atomic mass is 32.2. The van der Waals surface area contributed by atoms with Crippen molar-refractivity contribution in [2.75, 3.05) is 18.4 Å². The Kier molecular flexibility index (Phi) is 6.58. The number of alkyl halides is 3. The monoisotopic (exact) mass is 458 g/mol. The summed E-state index contributed by atoms with van der Waals surface area (Å²) >= 11 is 0. The normalized spacial score (nSPS) is 20.3. The van der Waals surface area contributed by atoms with Crippen molar-refractivity contribution in [3.05, 3.63) is 54.1 Å². The van der Waals surface area contributed by atoms with Crippen molar-refractivity contribution in [1.82, 2.24) is 4.31 Å². The first kappa shape index (κ1) is 23.0. The third-order valence-corrected chi connectivity index (χ3v) is 6.33. The molecule has 168 valence electrons. The third-order valence-electron chi connectivity index (χ3n) is 4.49. The van der Waals surface area contributed by atoms with E-state index < -0.39 is 28.0 Å². The molecule has 7 nitrogen and oxygen atoms in total. The number of hydrogen-bond acceptors (Lipinski definition) is 5. The number of carbonyl (C=O) groups is 1. The van der Waals surface area contributed by atoms with E-state index in [2.05, 4.69) is 10.1 Å². The highest BCUT2D eigenvalue weighted by Crippen LogP contribution is 2.25. The number of rotatable bonds is 5. The Bertz CT molecular complexity index is 1010. The Morgan fingerprint density at radius 2 is 1.58 bits per heavy atom. The quantitative estimate of drug-likeness (QED) is 0.740. The van der Waals surface area contributed by atoms with Crippen molar-refractivity contribution in [3.8, 4) is 5.75 Å². The van der Waals surface area contributed by atoms with Gasteiger partial charge in [0.2, 0.25) is 10.0 Å². The lowest BCUT2D eigenvalue weighted by molar-refractivity contribution is -0.274. The lowest BCUT2D eigenvalue weighted by Crippen LogP contribution is -2.48. The fourth-order valence-corrected chi connectivity index (χ4v) is 4.79. The van der Waals surface area contributed by atoms with E-state index in [4.69, 9.17) is 4.74 Å². The lowest BCUT2D eigenvalue weighted by atomic mass is 10.2. The molecule has 0 saturated carbocycles. The SMILES string of the molecule is C[C@H]1CN(S(=O)(=O)c2ccc(C(=O)Nc3ccc(OC(F)(F)F)cc3)cc2)C[C@H](C)O1. The summed E-state index contributed by atoms with van der Waals surface area (Å²) in [7, 11) is -3.73. The third kappa shape index (κ3) is 5.96. The second-order valence-corrected chi connectivity index (χ2v) is 9.07. The van der Waals surface area contributed by atoms with Crippen LogP contribution in [0, 0.1) is 0 Å². The second kappa shape index (κ2) is 8.85. The van der Waals surface area contributed by atoms with Gasteiger partial charge in [0.25, 0.3) is 5.91 Å². The summed E-state index contributed by atoms with van der Waals surface area (Å²) in [6.07, 6.45) is -5.25. The Morgan fingerprint density at radius 1 is 1.03 bits per heavy atom. The van der Waals surface area contributed by atoms with Crippen LogP contribution in [0.1, 0.15) is 24.2 Å². The van der Waals surface area contributed by atoms with Crippen molar-refractivity contribution in [3.63, 3.8) is 0 Å². The van der Waals surface area contributed by atoms with Crippen LogP contribution in [0.2, 0.25) is 0 Å². The molecule has 1 saturated heterocycles. The fourth-order valence-electron chi connectivity index (χ4n) is 3.20. The summed E-state index contributed by atoms with van der Waals surface area (Å²) in [5.41, 5.74) is 0.450. The van der Waals surface area contributed by atoms with E-state index >= 15 is 0 Å². The number of hydrogen-bond donors (Lipinski definition) is 1. The van der Waals surface area contributed by atoms with Crippen LogP contribution < -0.4 is 10.1 Å². The Labute approximate surface area is 177 Å². The summed E-state index contributed by atoms with van der Waals surface area (Å²) in [5.74, 6) is -0.950. The van der Waals surface area contributed by atoms with Crippen molar-refractivity contribution >= 4 is 21.6 Å². The van der Waals surface area contributed by atoms with Crippen LogP contribution in [0.3, 0.4) is 0 Å². The van der Waals surface area contributed by atoms with Gasteiger partial charge < -0.3 is 14.8 Å². The number of halogens is 3. The van der Waals surface area contributed by atoms with E-state index in [-0.39, 0.29) is 41.4 Å². The van der Waals surface area contributed by atoms with Crippen LogP contribution in [-0.2, 0) is 14.8 Å². The van der Waals surface area contributed by atoms with Crippen molar-refractivity contribution in [2.24, 2.45) is 0 Å². The first-order valence-electron chi connectivity index (χ1n) is 9.37. The predicted molar refractivity (Wildman–Crippen MR) is 106 cm³/mol. The van der Waals surface area contributed by atoms with Crippen molar-refractivity contribution < 1.29 is 35.9 Å². The molecule has 0 bridgehead atoms. The van der Waals surface area contributed by atoms with Crippen molar-refractivity contribution in [2.45, 2.75) is 37.3 Å². The largest absolute Gasteiger partial charge is 0.573 e. The fraction of sp³-hybridized carbons (Fsp3) is 0.350. The minimum Gasteiger partial charge on any atom is -0.406 e. The number of amides is 1. The molecular formula is C20H21F3N2O5S. The number of nitrogens with one attached hydrogen (secondary N) is 1. The van der Waals surface area contributed by atoms with E-state index in [1.54, 1.807) is 13.8 Å². The smallest absolute Gasteiger partial charge is 0.406 e. The molecule has 2 aromatic rings. The average molecular weight is 458 g/mol. The van der Waals surface area contributed by atoms with Gasteiger partial charge in [0.05, 0.1) is 17.1 Å². The molecule has 0 unspecified atom stereocenters. The maximum Gasteiger partial charge on any atom is 0.573 e. The summed E-state index contributed by atoms with van der Waals surface area (Å²) in [6, 6.07) is 10.1. The molecule has 0 aromatic heterocycles. The molecule has 1 fully saturated rings. The number of morpholine rings is 1. The topological polar surface area (TPSA) is 84.9 Å².